The van der Waals surface area contributed by atoms with Gasteiger partial charge in [0.2, 0.25) is 30.0 Å². The smallest absolute Gasteiger partial charge is 0.326 e. The van der Waals surface area contributed by atoms with Gasteiger partial charge in [0.1, 0.15) is 36.0 Å². The molecule has 22 nitrogen and oxygen atoms in total. The fraction of sp³-hybridized carbons (Fsp3) is 0.667. The van der Waals surface area contributed by atoms with E-state index in [0.717, 1.165) is 4.90 Å². The summed E-state index contributed by atoms with van der Waals surface area (Å²) >= 11 is 0. The van der Waals surface area contributed by atoms with Crippen LogP contribution < -0.4 is 44.4 Å². The van der Waals surface area contributed by atoms with Gasteiger partial charge in [-0.25, -0.2) is 15.6 Å². The van der Waals surface area contributed by atoms with Crippen LogP contribution in [0.2, 0.25) is 0 Å². The number of carbonyl (C=O) groups is 7. The van der Waals surface area contributed by atoms with Crippen molar-refractivity contribution in [3.05, 3.63) is 18.3 Å². The van der Waals surface area contributed by atoms with Gasteiger partial charge in [-0.3, -0.25) is 38.7 Å². The predicted octanol–water partition coefficient (Wildman–Crippen LogP) is -1.55. The average molecular weight is 860 g/mol. The zero-order valence-electron chi connectivity index (χ0n) is 35.0. The molecule has 0 bridgehead atoms. The third-order valence-corrected chi connectivity index (χ3v) is 11.0. The van der Waals surface area contributed by atoms with E-state index in [1.807, 2.05) is 0 Å². The van der Waals surface area contributed by atoms with E-state index in [2.05, 4.69) is 20.7 Å². The highest BCUT2D eigenvalue weighted by molar-refractivity contribution is 6.03. The minimum atomic E-state index is -1.59. The van der Waals surface area contributed by atoms with Crippen molar-refractivity contribution in [2.75, 3.05) is 43.0 Å². The fourth-order valence-electron chi connectivity index (χ4n) is 7.57. The lowest BCUT2D eigenvalue weighted by Crippen LogP contribution is -2.61. The number of nitrogens with two attached hydrogens (primary N) is 5. The normalized spacial score (nSPS) is 18.2. The predicted molar refractivity (Wildman–Crippen MR) is 226 cm³/mol. The second kappa shape index (κ2) is 25.4. The number of carboxylic acid groups (broad SMARTS) is 1. The van der Waals surface area contributed by atoms with E-state index in [0.29, 0.717) is 76.0 Å². The number of guanidine groups is 1. The monoisotopic (exact) mass is 860 g/mol. The summed E-state index contributed by atoms with van der Waals surface area (Å²) in [6.45, 7) is 2.40. The number of piperidine rings is 1. The SMILES string of the molecule is C[C@@H](O)[C@H](N)C(=O)N[C@@H](CCCCN)C(=O)N1CCCC[C@H]1C(=O)N1CCC[C@H]1C(=O)N(C(=O)CCCCCN(C=O)c1ccc(NN)nc1)[C@@H](CCCN=C(N)N)C(=O)O. The number of aliphatic carboxylic acids is 1. The van der Waals surface area contributed by atoms with Crippen molar-refractivity contribution in [1.82, 2.24) is 25.0 Å². The molecule has 3 heterocycles. The highest BCUT2D eigenvalue weighted by atomic mass is 16.4. The molecule has 2 fully saturated rings. The lowest BCUT2D eigenvalue weighted by Gasteiger charge is -2.40. The summed E-state index contributed by atoms with van der Waals surface area (Å²) in [5.41, 5.74) is 25.4. The summed E-state index contributed by atoms with van der Waals surface area (Å²) < 4.78 is 0. The number of unbranched alkanes of at least 4 members (excludes halogenated alkanes) is 3. The molecule has 2 aliphatic heterocycles. The number of aliphatic imine (C=N–C) groups is 1. The topological polar surface area (TPSA) is 352 Å². The van der Waals surface area contributed by atoms with Crippen LogP contribution in [0.3, 0.4) is 0 Å². The van der Waals surface area contributed by atoms with Crippen molar-refractivity contribution in [2.24, 2.45) is 33.8 Å². The number of carboxylic acids is 1. The number of pyridine rings is 1. The molecule has 0 radical (unpaired) electrons. The van der Waals surface area contributed by atoms with Gasteiger partial charge >= 0.3 is 5.97 Å². The molecule has 1 aromatic heterocycles. The van der Waals surface area contributed by atoms with Crippen LogP contribution in [0.15, 0.2) is 23.3 Å². The van der Waals surface area contributed by atoms with Crippen LogP contribution in [0.4, 0.5) is 11.5 Å². The molecule has 340 valence electrons. The Morgan fingerprint density at radius 1 is 0.967 bits per heavy atom. The summed E-state index contributed by atoms with van der Waals surface area (Å²) in [6.07, 6.45) is 5.20. The number of nitrogen functional groups attached to an aromatic ring is 1. The first kappa shape index (κ1) is 49.9. The van der Waals surface area contributed by atoms with Crippen molar-refractivity contribution < 1.29 is 43.8 Å². The molecule has 6 amide bonds. The Labute approximate surface area is 355 Å². The molecule has 6 atom stereocenters. The van der Waals surface area contributed by atoms with Gasteiger partial charge in [-0.2, -0.15) is 0 Å². The zero-order chi connectivity index (χ0) is 45.1. The van der Waals surface area contributed by atoms with Gasteiger partial charge in [0.05, 0.1) is 18.0 Å². The molecule has 14 N–H and O–H groups in total. The Morgan fingerprint density at radius 3 is 2.31 bits per heavy atom. The average Bonchev–Trinajstić information content (AvgIpc) is 3.75. The number of hydrogen-bond acceptors (Lipinski definition) is 14. The maximum Gasteiger partial charge on any atom is 0.326 e. The first-order valence-corrected chi connectivity index (χ1v) is 21.0. The van der Waals surface area contributed by atoms with Gasteiger partial charge in [-0.1, -0.05) is 6.42 Å². The number of aliphatic hydroxyl groups is 1. The Kier molecular flexibility index (Phi) is 20.7. The number of aliphatic hydroxyl groups excluding tert-OH is 1. The minimum Gasteiger partial charge on any atom is -0.480 e. The number of rotatable bonds is 25. The third-order valence-electron chi connectivity index (χ3n) is 11.0. The molecule has 1 aromatic rings. The molecule has 61 heavy (non-hydrogen) atoms. The molecule has 2 saturated heterocycles. The van der Waals surface area contributed by atoms with E-state index in [1.54, 1.807) is 12.1 Å². The summed E-state index contributed by atoms with van der Waals surface area (Å²) in [5, 5.41) is 22.9. The van der Waals surface area contributed by atoms with Gasteiger partial charge in [-0.15, -0.1) is 0 Å². The van der Waals surface area contributed by atoms with E-state index in [-0.39, 0.29) is 70.5 Å². The summed E-state index contributed by atoms with van der Waals surface area (Å²) in [5.74, 6) is 0.827. The van der Waals surface area contributed by atoms with Crippen molar-refractivity contribution in [1.29, 1.82) is 0 Å². The largest absolute Gasteiger partial charge is 0.480 e. The lowest BCUT2D eigenvalue weighted by atomic mass is 9.97. The number of likely N-dealkylation sites (tertiary alicyclic amines) is 2. The quantitative estimate of drug-likeness (QED) is 0.0134. The maximum atomic E-state index is 14.5. The summed E-state index contributed by atoms with van der Waals surface area (Å²) in [7, 11) is 0. The Morgan fingerprint density at radius 2 is 1.69 bits per heavy atom. The number of nitrogens with one attached hydrogen (secondary N) is 2. The van der Waals surface area contributed by atoms with E-state index >= 15 is 0 Å². The zero-order valence-corrected chi connectivity index (χ0v) is 35.0. The number of aromatic nitrogens is 1. The Hall–Kier alpha value is -5.45. The maximum absolute atomic E-state index is 14.5. The molecule has 0 aliphatic carbocycles. The van der Waals surface area contributed by atoms with Crippen molar-refractivity contribution in [2.45, 2.75) is 133 Å². The number of hydrogen-bond donors (Lipinski definition) is 9. The standard InChI is InChI=1S/C39H65N13O9/c1-25(54)33(41)34(56)47-27(11-4-6-18-40)35(57)50-21-8-5-12-28(50)36(58)51-22-10-14-29(51)37(59)52(30(38(60)61)13-9-19-45-39(42)43)32(55)15-3-2-7-20-49(24-53)26-16-17-31(48-44)46-23-26/h16-17,23-25,27-30,33,54H,2-15,18-22,40-41,44H2,1H3,(H,46,48)(H,47,56)(H,60,61)(H4,42,43,45)/t25-,27+,28+,29+,30+,33+/m1/s1. The Bertz CT molecular complexity index is 1660. The van der Waals surface area contributed by atoms with Gasteiger partial charge in [0.15, 0.2) is 5.96 Å². The van der Waals surface area contributed by atoms with Crippen molar-refractivity contribution in [3.8, 4) is 0 Å². The highest BCUT2D eigenvalue weighted by Crippen LogP contribution is 2.28. The third kappa shape index (κ3) is 14.6. The van der Waals surface area contributed by atoms with Crippen molar-refractivity contribution in [3.63, 3.8) is 0 Å². The van der Waals surface area contributed by atoms with Crippen LogP contribution in [0.1, 0.15) is 96.8 Å². The van der Waals surface area contributed by atoms with Gasteiger partial charge in [0, 0.05) is 32.6 Å². The van der Waals surface area contributed by atoms with Crippen LogP contribution in [0.25, 0.3) is 0 Å². The van der Waals surface area contributed by atoms with Gasteiger partial charge < -0.3 is 58.6 Å². The van der Waals surface area contributed by atoms with Crippen LogP contribution >= 0.6 is 0 Å². The van der Waals surface area contributed by atoms with Crippen LogP contribution in [0, 0.1) is 0 Å². The van der Waals surface area contributed by atoms with Gasteiger partial charge in [0.25, 0.3) is 5.91 Å². The van der Waals surface area contributed by atoms with Crippen LogP contribution in [0.5, 0.6) is 0 Å². The highest BCUT2D eigenvalue weighted by Gasteiger charge is 2.46. The number of anilines is 2. The van der Waals surface area contributed by atoms with Crippen LogP contribution in [-0.2, 0) is 33.6 Å². The van der Waals surface area contributed by atoms with Gasteiger partial charge in [-0.05, 0) is 103 Å². The Balaban J connectivity index is 1.83. The molecular formula is C39H65N13O9. The molecule has 0 unspecified atom stereocenters. The molecule has 22 heteroatoms. The van der Waals surface area contributed by atoms with E-state index < -0.39 is 71.8 Å². The van der Waals surface area contributed by atoms with E-state index in [1.165, 1.54) is 27.8 Å². The number of imide groups is 1. The molecule has 2 aliphatic rings. The first-order valence-electron chi connectivity index (χ1n) is 21.0. The summed E-state index contributed by atoms with van der Waals surface area (Å²) in [4.78, 5) is 108. The second-order valence-corrected chi connectivity index (χ2v) is 15.4. The minimum absolute atomic E-state index is 0.0504. The number of amides is 6. The molecular weight excluding hydrogens is 795 g/mol. The number of nitrogens with zero attached hydrogens (tertiary/aromatic N) is 6. The lowest BCUT2D eigenvalue weighted by molar-refractivity contribution is -0.162. The first-order chi connectivity index (χ1) is 29.2. The summed E-state index contributed by atoms with van der Waals surface area (Å²) in [6, 6.07) is -2.84. The van der Waals surface area contributed by atoms with E-state index in [9.17, 15) is 43.8 Å². The van der Waals surface area contributed by atoms with Crippen LogP contribution in [-0.4, -0.2) is 147 Å². The molecule has 0 saturated carbocycles. The molecule has 0 spiro atoms. The molecule has 3 rings (SSSR count). The second-order valence-electron chi connectivity index (χ2n) is 15.4. The van der Waals surface area contributed by atoms with Crippen molar-refractivity contribution >= 4 is 59.4 Å². The fourth-order valence-corrected chi connectivity index (χ4v) is 7.57. The number of hydrazine groups is 1. The number of carbonyl (C=O) groups excluding carboxylic acids is 6. The van der Waals surface area contributed by atoms with E-state index in [4.69, 9.17) is 28.8 Å². The molecule has 0 aromatic carbocycles.